The van der Waals surface area contributed by atoms with Crippen LogP contribution in [0.2, 0.25) is 0 Å². The van der Waals surface area contributed by atoms with Gasteiger partial charge in [0.2, 0.25) is 0 Å². The fourth-order valence-corrected chi connectivity index (χ4v) is 2.09. The maximum atomic E-state index is 12.7. The number of hydrogen-bond donors (Lipinski definition) is 1. The lowest BCUT2D eigenvalue weighted by Gasteiger charge is -2.13. The smallest absolute Gasteiger partial charge is 0.313 e. The summed E-state index contributed by atoms with van der Waals surface area (Å²) in [6.45, 7) is 6.98. The number of hydrogen-bond acceptors (Lipinski definition) is 3. The minimum atomic E-state index is -4.45. The standard InChI is InChI=1S/C14H17F3N4/c1-4-18-8-11-9(2)7-10(3)19-13(11)21-6-5-12(20-21)14(15,16)17/h5-7,18H,4,8H2,1-3H3. The molecule has 0 aromatic carbocycles. The van der Waals surface area contributed by atoms with Crippen LogP contribution in [-0.4, -0.2) is 21.3 Å². The number of aromatic nitrogens is 3. The first-order chi connectivity index (χ1) is 9.82. The van der Waals surface area contributed by atoms with Gasteiger partial charge in [-0.15, -0.1) is 0 Å². The highest BCUT2D eigenvalue weighted by molar-refractivity contribution is 5.41. The van der Waals surface area contributed by atoms with Crippen molar-refractivity contribution in [2.45, 2.75) is 33.5 Å². The Morgan fingerprint density at radius 2 is 2.00 bits per heavy atom. The summed E-state index contributed by atoms with van der Waals surface area (Å²) in [4.78, 5) is 4.35. The number of alkyl halides is 3. The third-order valence-corrected chi connectivity index (χ3v) is 3.10. The molecule has 0 unspecified atom stereocenters. The van der Waals surface area contributed by atoms with Gasteiger partial charge in [-0.2, -0.15) is 18.3 Å². The van der Waals surface area contributed by atoms with Crippen molar-refractivity contribution in [3.05, 3.63) is 40.8 Å². The average Bonchev–Trinajstić information content (AvgIpc) is 2.86. The summed E-state index contributed by atoms with van der Waals surface area (Å²) in [5.74, 6) is 0.434. The molecule has 21 heavy (non-hydrogen) atoms. The van der Waals surface area contributed by atoms with Crippen molar-refractivity contribution in [3.8, 4) is 5.82 Å². The van der Waals surface area contributed by atoms with E-state index in [1.165, 1.54) is 10.9 Å². The summed E-state index contributed by atoms with van der Waals surface area (Å²) in [6, 6.07) is 2.86. The third-order valence-electron chi connectivity index (χ3n) is 3.10. The molecule has 2 aromatic heterocycles. The van der Waals surface area contributed by atoms with E-state index in [9.17, 15) is 13.2 Å². The Bertz CT molecular complexity index is 632. The molecule has 0 bridgehead atoms. The Hall–Kier alpha value is -1.89. The van der Waals surface area contributed by atoms with Crippen LogP contribution in [0.5, 0.6) is 0 Å². The maximum absolute atomic E-state index is 12.7. The van der Waals surface area contributed by atoms with E-state index >= 15 is 0 Å². The van der Waals surface area contributed by atoms with Crippen LogP contribution >= 0.6 is 0 Å². The number of aryl methyl sites for hydroxylation is 2. The molecule has 4 nitrogen and oxygen atoms in total. The van der Waals surface area contributed by atoms with Gasteiger partial charge in [0.1, 0.15) is 0 Å². The van der Waals surface area contributed by atoms with Gasteiger partial charge in [0.25, 0.3) is 0 Å². The lowest BCUT2D eigenvalue weighted by atomic mass is 10.1. The molecule has 2 rings (SSSR count). The van der Waals surface area contributed by atoms with Crippen molar-refractivity contribution < 1.29 is 13.2 Å². The van der Waals surface area contributed by atoms with Crippen LogP contribution in [0.4, 0.5) is 13.2 Å². The first-order valence-electron chi connectivity index (χ1n) is 6.64. The van der Waals surface area contributed by atoms with Gasteiger partial charge in [-0.1, -0.05) is 6.92 Å². The number of nitrogens with zero attached hydrogens (tertiary/aromatic N) is 3. The van der Waals surface area contributed by atoms with Gasteiger partial charge < -0.3 is 5.32 Å². The quantitative estimate of drug-likeness (QED) is 0.943. The second-order valence-electron chi connectivity index (χ2n) is 4.81. The molecule has 0 saturated carbocycles. The molecule has 1 N–H and O–H groups in total. The van der Waals surface area contributed by atoms with Crippen molar-refractivity contribution in [2.75, 3.05) is 6.54 Å². The highest BCUT2D eigenvalue weighted by atomic mass is 19.4. The van der Waals surface area contributed by atoms with E-state index in [4.69, 9.17) is 0 Å². The molecular formula is C14H17F3N4. The van der Waals surface area contributed by atoms with Crippen LogP contribution in [-0.2, 0) is 12.7 Å². The Balaban J connectivity index is 2.49. The van der Waals surface area contributed by atoms with Crippen LogP contribution in [0.15, 0.2) is 18.3 Å². The van der Waals surface area contributed by atoms with Gasteiger partial charge in [0.15, 0.2) is 11.5 Å². The van der Waals surface area contributed by atoms with E-state index in [0.717, 1.165) is 29.4 Å². The monoisotopic (exact) mass is 298 g/mol. The summed E-state index contributed by atoms with van der Waals surface area (Å²) < 4.78 is 39.2. The van der Waals surface area contributed by atoms with E-state index < -0.39 is 11.9 Å². The molecule has 7 heteroatoms. The van der Waals surface area contributed by atoms with Gasteiger partial charge >= 0.3 is 6.18 Å². The molecule has 0 radical (unpaired) electrons. The molecule has 0 amide bonds. The lowest BCUT2D eigenvalue weighted by Crippen LogP contribution is -2.17. The Morgan fingerprint density at radius 1 is 1.29 bits per heavy atom. The summed E-state index contributed by atoms with van der Waals surface area (Å²) in [7, 11) is 0. The molecule has 0 atom stereocenters. The molecule has 2 aromatic rings. The van der Waals surface area contributed by atoms with Crippen molar-refractivity contribution >= 4 is 0 Å². The average molecular weight is 298 g/mol. The van der Waals surface area contributed by atoms with Crippen molar-refractivity contribution in [1.29, 1.82) is 0 Å². The molecule has 2 heterocycles. The van der Waals surface area contributed by atoms with Gasteiger partial charge in [-0.3, -0.25) is 0 Å². The zero-order valence-corrected chi connectivity index (χ0v) is 12.1. The molecule has 0 aliphatic carbocycles. The Labute approximate surface area is 121 Å². The highest BCUT2D eigenvalue weighted by Gasteiger charge is 2.33. The topological polar surface area (TPSA) is 42.7 Å². The largest absolute Gasteiger partial charge is 0.435 e. The third kappa shape index (κ3) is 3.41. The normalized spacial score (nSPS) is 11.9. The van der Waals surface area contributed by atoms with Gasteiger partial charge in [-0.25, -0.2) is 9.67 Å². The van der Waals surface area contributed by atoms with E-state index in [-0.39, 0.29) is 0 Å². The lowest BCUT2D eigenvalue weighted by molar-refractivity contribution is -0.141. The van der Waals surface area contributed by atoms with Crippen LogP contribution in [0.25, 0.3) is 5.82 Å². The fourth-order valence-electron chi connectivity index (χ4n) is 2.09. The Morgan fingerprint density at radius 3 is 2.57 bits per heavy atom. The predicted molar refractivity (Wildman–Crippen MR) is 73.2 cm³/mol. The molecule has 114 valence electrons. The second kappa shape index (κ2) is 5.85. The van der Waals surface area contributed by atoms with Crippen LogP contribution in [0, 0.1) is 13.8 Å². The fraction of sp³-hybridized carbons (Fsp3) is 0.429. The van der Waals surface area contributed by atoms with Crippen LogP contribution < -0.4 is 5.32 Å². The van der Waals surface area contributed by atoms with E-state index in [2.05, 4.69) is 15.4 Å². The second-order valence-corrected chi connectivity index (χ2v) is 4.81. The number of nitrogens with one attached hydrogen (secondary N) is 1. The molecule has 0 aliphatic rings. The van der Waals surface area contributed by atoms with Crippen molar-refractivity contribution in [1.82, 2.24) is 20.1 Å². The summed E-state index contributed by atoms with van der Waals surface area (Å²) in [5.41, 5.74) is 1.64. The first-order valence-corrected chi connectivity index (χ1v) is 6.64. The highest BCUT2D eigenvalue weighted by Crippen LogP contribution is 2.28. The first kappa shape index (κ1) is 15.5. The Kier molecular flexibility index (Phi) is 4.32. The predicted octanol–water partition coefficient (Wildman–Crippen LogP) is 3.01. The molecular weight excluding hydrogens is 281 g/mol. The zero-order chi connectivity index (χ0) is 15.6. The summed E-state index contributed by atoms with van der Waals surface area (Å²) >= 11 is 0. The molecule has 0 spiro atoms. The van der Waals surface area contributed by atoms with Gasteiger partial charge in [0.05, 0.1) is 0 Å². The van der Waals surface area contributed by atoms with Gasteiger partial charge in [-0.05, 0) is 38.1 Å². The van der Waals surface area contributed by atoms with Crippen molar-refractivity contribution in [2.24, 2.45) is 0 Å². The SMILES string of the molecule is CCNCc1c(C)cc(C)nc1-n1ccc(C(F)(F)F)n1. The molecule has 0 fully saturated rings. The van der Waals surface area contributed by atoms with E-state index in [1.807, 2.05) is 26.8 Å². The zero-order valence-electron chi connectivity index (χ0n) is 12.1. The maximum Gasteiger partial charge on any atom is 0.435 e. The molecule has 0 saturated heterocycles. The summed E-state index contributed by atoms with van der Waals surface area (Å²) in [5, 5.41) is 6.77. The van der Waals surface area contributed by atoms with E-state index in [1.54, 1.807) is 0 Å². The van der Waals surface area contributed by atoms with Crippen LogP contribution in [0.3, 0.4) is 0 Å². The summed E-state index contributed by atoms with van der Waals surface area (Å²) in [6.07, 6.45) is -3.16. The van der Waals surface area contributed by atoms with Crippen LogP contribution in [0.1, 0.15) is 29.4 Å². The number of rotatable bonds is 4. The molecule has 0 aliphatic heterocycles. The minimum absolute atomic E-state index is 0.434. The number of pyridine rings is 1. The van der Waals surface area contributed by atoms with E-state index in [0.29, 0.717) is 12.4 Å². The van der Waals surface area contributed by atoms with Crippen molar-refractivity contribution in [3.63, 3.8) is 0 Å². The number of halogens is 3. The minimum Gasteiger partial charge on any atom is -0.313 e. The van der Waals surface area contributed by atoms with Gasteiger partial charge in [0, 0.05) is 24.0 Å².